The van der Waals surface area contributed by atoms with E-state index in [-0.39, 0.29) is 0 Å². The number of hydrogen-bond donors (Lipinski definition) is 1. The quantitative estimate of drug-likeness (QED) is 0.867. The number of rotatable bonds is 3. The van der Waals surface area contributed by atoms with Crippen LogP contribution in [0.1, 0.15) is 32.6 Å². The molecule has 2 atom stereocenters. The Kier molecular flexibility index (Phi) is 3.05. The van der Waals surface area contributed by atoms with Crippen LogP contribution in [0.3, 0.4) is 0 Å². The minimum Gasteiger partial charge on any atom is -0.364 e. The first-order chi connectivity index (χ1) is 8.36. The third kappa shape index (κ3) is 2.18. The van der Waals surface area contributed by atoms with Gasteiger partial charge in [-0.1, -0.05) is 6.42 Å². The van der Waals surface area contributed by atoms with E-state index in [1.54, 1.807) is 0 Å². The molecule has 0 aromatic carbocycles. The smallest absolute Gasteiger partial charge is 0.148 e. The maximum Gasteiger partial charge on any atom is 0.148 e. The molecule has 0 radical (unpaired) electrons. The standard InChI is InChI=1S/C13H22N4/c1-2-17-10-7-13(15-17)14-11-6-9-16-8-4-3-5-12(11)16/h7,10-12H,2-6,8-9H2,1H3,(H,14,15). The predicted molar refractivity (Wildman–Crippen MR) is 69.1 cm³/mol. The maximum atomic E-state index is 4.52. The average molecular weight is 234 g/mol. The van der Waals surface area contributed by atoms with Gasteiger partial charge in [0.15, 0.2) is 0 Å². The van der Waals surface area contributed by atoms with Crippen molar-refractivity contribution in [1.82, 2.24) is 14.7 Å². The van der Waals surface area contributed by atoms with Gasteiger partial charge in [-0.2, -0.15) is 5.10 Å². The Hall–Kier alpha value is -1.03. The molecule has 4 heteroatoms. The second-order valence-electron chi connectivity index (χ2n) is 5.20. The molecule has 4 nitrogen and oxygen atoms in total. The highest BCUT2D eigenvalue weighted by atomic mass is 15.3. The van der Waals surface area contributed by atoms with Gasteiger partial charge in [-0.3, -0.25) is 9.58 Å². The molecule has 1 aromatic rings. The molecule has 3 heterocycles. The Morgan fingerprint density at radius 1 is 1.35 bits per heavy atom. The minimum absolute atomic E-state index is 0.607. The van der Waals surface area contributed by atoms with Crippen molar-refractivity contribution in [3.63, 3.8) is 0 Å². The van der Waals surface area contributed by atoms with Crippen LogP contribution in [0.15, 0.2) is 12.3 Å². The van der Waals surface area contributed by atoms with E-state index in [1.165, 1.54) is 38.8 Å². The molecule has 0 spiro atoms. The Bertz CT molecular complexity index is 373. The minimum atomic E-state index is 0.607. The number of aryl methyl sites for hydroxylation is 1. The lowest BCUT2D eigenvalue weighted by Crippen LogP contribution is -2.41. The zero-order valence-corrected chi connectivity index (χ0v) is 10.6. The lowest BCUT2D eigenvalue weighted by Gasteiger charge is -2.32. The van der Waals surface area contributed by atoms with Crippen molar-refractivity contribution in [2.45, 2.75) is 51.2 Å². The van der Waals surface area contributed by atoms with Gasteiger partial charge < -0.3 is 5.32 Å². The largest absolute Gasteiger partial charge is 0.364 e. The topological polar surface area (TPSA) is 33.1 Å². The van der Waals surface area contributed by atoms with E-state index in [2.05, 4.69) is 34.5 Å². The van der Waals surface area contributed by atoms with Crippen molar-refractivity contribution in [2.24, 2.45) is 0 Å². The molecular weight excluding hydrogens is 212 g/mol. The molecule has 3 rings (SSSR count). The summed E-state index contributed by atoms with van der Waals surface area (Å²) in [6.07, 6.45) is 7.45. The summed E-state index contributed by atoms with van der Waals surface area (Å²) in [4.78, 5) is 2.65. The molecule has 94 valence electrons. The summed E-state index contributed by atoms with van der Waals surface area (Å²) < 4.78 is 1.98. The van der Waals surface area contributed by atoms with Crippen molar-refractivity contribution >= 4 is 5.82 Å². The van der Waals surface area contributed by atoms with Crippen molar-refractivity contribution in [3.05, 3.63) is 12.3 Å². The summed E-state index contributed by atoms with van der Waals surface area (Å²) in [5.41, 5.74) is 0. The highest BCUT2D eigenvalue weighted by molar-refractivity contribution is 5.34. The van der Waals surface area contributed by atoms with E-state index >= 15 is 0 Å². The second-order valence-corrected chi connectivity index (χ2v) is 5.20. The van der Waals surface area contributed by atoms with Gasteiger partial charge in [0.05, 0.1) is 0 Å². The van der Waals surface area contributed by atoms with Gasteiger partial charge in [0.1, 0.15) is 5.82 Å². The highest BCUT2D eigenvalue weighted by Gasteiger charge is 2.35. The Morgan fingerprint density at radius 3 is 3.12 bits per heavy atom. The number of fused-ring (bicyclic) bond motifs is 1. The van der Waals surface area contributed by atoms with Crippen LogP contribution < -0.4 is 5.32 Å². The summed E-state index contributed by atoms with van der Waals surface area (Å²) in [5.74, 6) is 1.05. The van der Waals surface area contributed by atoms with Crippen molar-refractivity contribution < 1.29 is 0 Å². The molecule has 1 aromatic heterocycles. The zero-order chi connectivity index (χ0) is 11.7. The molecule has 0 bridgehead atoms. The molecule has 1 N–H and O–H groups in total. The van der Waals surface area contributed by atoms with Crippen LogP contribution in [0.2, 0.25) is 0 Å². The fourth-order valence-electron chi connectivity index (χ4n) is 3.22. The molecule has 0 amide bonds. The van der Waals surface area contributed by atoms with E-state index in [0.29, 0.717) is 6.04 Å². The van der Waals surface area contributed by atoms with Gasteiger partial charge in [-0.15, -0.1) is 0 Å². The van der Waals surface area contributed by atoms with E-state index < -0.39 is 0 Å². The Morgan fingerprint density at radius 2 is 2.29 bits per heavy atom. The molecule has 17 heavy (non-hydrogen) atoms. The van der Waals surface area contributed by atoms with Gasteiger partial charge in [0, 0.05) is 37.4 Å². The van der Waals surface area contributed by atoms with Crippen molar-refractivity contribution in [2.75, 3.05) is 18.4 Å². The monoisotopic (exact) mass is 234 g/mol. The normalized spacial score (nSPS) is 29.2. The van der Waals surface area contributed by atoms with Crippen molar-refractivity contribution in [3.8, 4) is 0 Å². The number of aromatic nitrogens is 2. The van der Waals surface area contributed by atoms with Gasteiger partial charge in [-0.25, -0.2) is 0 Å². The van der Waals surface area contributed by atoms with E-state index in [4.69, 9.17) is 0 Å². The van der Waals surface area contributed by atoms with Gasteiger partial charge in [0.2, 0.25) is 0 Å². The van der Waals surface area contributed by atoms with E-state index in [9.17, 15) is 0 Å². The fourth-order valence-corrected chi connectivity index (χ4v) is 3.22. The van der Waals surface area contributed by atoms with Crippen molar-refractivity contribution in [1.29, 1.82) is 0 Å². The lowest BCUT2D eigenvalue weighted by atomic mass is 9.99. The number of hydrogen-bond acceptors (Lipinski definition) is 3. The third-order valence-corrected chi connectivity index (χ3v) is 4.15. The zero-order valence-electron chi connectivity index (χ0n) is 10.6. The van der Waals surface area contributed by atoms with E-state index in [0.717, 1.165) is 18.4 Å². The predicted octanol–water partition coefficient (Wildman–Crippen LogP) is 1.94. The van der Waals surface area contributed by atoms with Gasteiger partial charge >= 0.3 is 0 Å². The van der Waals surface area contributed by atoms with Gasteiger partial charge in [0.25, 0.3) is 0 Å². The molecule has 2 fully saturated rings. The number of piperidine rings is 1. The first-order valence-electron chi connectivity index (χ1n) is 6.91. The van der Waals surface area contributed by atoms with Crippen LogP contribution in [0.5, 0.6) is 0 Å². The average Bonchev–Trinajstić information content (AvgIpc) is 2.97. The Labute approximate surface area is 103 Å². The molecular formula is C13H22N4. The molecule has 0 aliphatic carbocycles. The first-order valence-corrected chi connectivity index (χ1v) is 6.91. The highest BCUT2D eigenvalue weighted by Crippen LogP contribution is 2.28. The van der Waals surface area contributed by atoms with Crippen LogP contribution in [-0.4, -0.2) is 39.9 Å². The summed E-state index contributed by atoms with van der Waals surface area (Å²) in [6, 6.07) is 3.45. The SMILES string of the molecule is CCn1ccc(NC2CCN3CCCCC23)n1. The van der Waals surface area contributed by atoms with E-state index in [1.807, 2.05) is 4.68 Å². The van der Waals surface area contributed by atoms with Crippen LogP contribution in [0.25, 0.3) is 0 Å². The fraction of sp³-hybridized carbons (Fsp3) is 0.769. The summed E-state index contributed by atoms with van der Waals surface area (Å²) in [6.45, 7) is 5.63. The van der Waals surface area contributed by atoms with Gasteiger partial charge in [-0.05, 0) is 32.7 Å². The summed E-state index contributed by atoms with van der Waals surface area (Å²) in [7, 11) is 0. The number of anilines is 1. The molecule has 2 aliphatic heterocycles. The second kappa shape index (κ2) is 4.69. The Balaban J connectivity index is 1.65. The molecule has 2 unspecified atom stereocenters. The van der Waals surface area contributed by atoms with Crippen LogP contribution in [0.4, 0.5) is 5.82 Å². The molecule has 0 saturated carbocycles. The molecule has 2 saturated heterocycles. The summed E-state index contributed by atoms with van der Waals surface area (Å²) >= 11 is 0. The van der Waals surface area contributed by atoms with Crippen LogP contribution in [-0.2, 0) is 6.54 Å². The summed E-state index contributed by atoms with van der Waals surface area (Å²) in [5, 5.41) is 8.14. The van der Waals surface area contributed by atoms with Crippen LogP contribution in [0, 0.1) is 0 Å². The number of nitrogens with one attached hydrogen (secondary N) is 1. The third-order valence-electron chi connectivity index (χ3n) is 4.15. The lowest BCUT2D eigenvalue weighted by molar-refractivity contribution is 0.192. The maximum absolute atomic E-state index is 4.52. The van der Waals surface area contributed by atoms with Crippen LogP contribution >= 0.6 is 0 Å². The number of nitrogens with zero attached hydrogens (tertiary/aromatic N) is 3. The first kappa shape index (κ1) is 11.1. The molecule has 2 aliphatic rings.